The van der Waals surface area contributed by atoms with E-state index in [-0.39, 0.29) is 0 Å². The standard InChI is InChI=1S/C16H18BrN3/c17-9-10-20(11-13-5-2-1-3-6-13)16-14-7-4-8-15(14)18-12-19-16/h1-3,5-6,12H,4,7-11H2. The summed E-state index contributed by atoms with van der Waals surface area (Å²) in [6.07, 6.45) is 5.12. The van der Waals surface area contributed by atoms with Crippen molar-refractivity contribution < 1.29 is 0 Å². The van der Waals surface area contributed by atoms with Gasteiger partial charge in [0.1, 0.15) is 12.1 Å². The van der Waals surface area contributed by atoms with Gasteiger partial charge < -0.3 is 4.90 Å². The lowest BCUT2D eigenvalue weighted by Crippen LogP contribution is -2.27. The van der Waals surface area contributed by atoms with E-state index >= 15 is 0 Å². The van der Waals surface area contributed by atoms with Crippen LogP contribution in [-0.2, 0) is 19.4 Å². The average Bonchev–Trinajstić information content (AvgIpc) is 2.96. The predicted octanol–water partition coefficient (Wildman–Crippen LogP) is 3.37. The number of nitrogens with zero attached hydrogens (tertiary/aromatic N) is 3. The quantitative estimate of drug-likeness (QED) is 0.786. The molecule has 0 saturated heterocycles. The molecule has 104 valence electrons. The van der Waals surface area contributed by atoms with E-state index in [0.717, 1.165) is 37.1 Å². The second-order valence-electron chi connectivity index (χ2n) is 5.07. The number of fused-ring (bicyclic) bond motifs is 1. The lowest BCUT2D eigenvalue weighted by atomic mass is 10.2. The summed E-state index contributed by atoms with van der Waals surface area (Å²) in [7, 11) is 0. The van der Waals surface area contributed by atoms with E-state index in [1.807, 2.05) is 0 Å². The van der Waals surface area contributed by atoms with Crippen molar-refractivity contribution >= 4 is 21.7 Å². The molecule has 0 radical (unpaired) electrons. The number of aromatic nitrogens is 2. The Morgan fingerprint density at radius 3 is 2.75 bits per heavy atom. The molecule has 1 aliphatic carbocycles. The molecule has 1 heterocycles. The zero-order chi connectivity index (χ0) is 13.8. The molecule has 3 rings (SSSR count). The molecule has 3 nitrogen and oxygen atoms in total. The largest absolute Gasteiger partial charge is 0.351 e. The maximum Gasteiger partial charge on any atom is 0.135 e. The van der Waals surface area contributed by atoms with Crippen molar-refractivity contribution in [2.45, 2.75) is 25.8 Å². The minimum Gasteiger partial charge on any atom is -0.351 e. The van der Waals surface area contributed by atoms with Crippen LogP contribution in [0.3, 0.4) is 0 Å². The fraction of sp³-hybridized carbons (Fsp3) is 0.375. The third-order valence-electron chi connectivity index (χ3n) is 3.72. The zero-order valence-corrected chi connectivity index (χ0v) is 13.0. The lowest BCUT2D eigenvalue weighted by Gasteiger charge is -2.25. The molecule has 20 heavy (non-hydrogen) atoms. The molecule has 0 N–H and O–H groups in total. The number of hydrogen-bond donors (Lipinski definition) is 0. The van der Waals surface area contributed by atoms with Crippen LogP contribution in [0.25, 0.3) is 0 Å². The summed E-state index contributed by atoms with van der Waals surface area (Å²) in [6, 6.07) is 10.6. The Kier molecular flexibility index (Phi) is 4.31. The summed E-state index contributed by atoms with van der Waals surface area (Å²) in [5.41, 5.74) is 3.91. The monoisotopic (exact) mass is 331 g/mol. The average molecular weight is 332 g/mol. The van der Waals surface area contributed by atoms with E-state index in [2.05, 4.69) is 61.1 Å². The van der Waals surface area contributed by atoms with Crippen LogP contribution in [0, 0.1) is 0 Å². The highest BCUT2D eigenvalue weighted by Gasteiger charge is 2.20. The first-order valence-electron chi connectivity index (χ1n) is 7.06. The van der Waals surface area contributed by atoms with Crippen LogP contribution in [0.5, 0.6) is 0 Å². The van der Waals surface area contributed by atoms with E-state index in [1.165, 1.54) is 23.2 Å². The maximum atomic E-state index is 4.56. The van der Waals surface area contributed by atoms with E-state index in [4.69, 9.17) is 0 Å². The summed E-state index contributed by atoms with van der Waals surface area (Å²) >= 11 is 3.56. The summed E-state index contributed by atoms with van der Waals surface area (Å²) in [6.45, 7) is 1.86. The maximum absolute atomic E-state index is 4.56. The number of halogens is 1. The van der Waals surface area contributed by atoms with Crippen molar-refractivity contribution in [2.75, 3.05) is 16.8 Å². The van der Waals surface area contributed by atoms with Gasteiger partial charge in [0.25, 0.3) is 0 Å². The Morgan fingerprint density at radius 1 is 1.10 bits per heavy atom. The highest BCUT2D eigenvalue weighted by Crippen LogP contribution is 2.28. The van der Waals surface area contributed by atoms with Gasteiger partial charge in [-0.1, -0.05) is 46.3 Å². The number of alkyl halides is 1. The van der Waals surface area contributed by atoms with Crippen LogP contribution in [0.2, 0.25) is 0 Å². The van der Waals surface area contributed by atoms with Crippen molar-refractivity contribution in [3.63, 3.8) is 0 Å². The van der Waals surface area contributed by atoms with Gasteiger partial charge in [0.05, 0.1) is 0 Å². The first-order valence-corrected chi connectivity index (χ1v) is 8.18. The molecule has 1 aliphatic rings. The van der Waals surface area contributed by atoms with Crippen molar-refractivity contribution in [1.29, 1.82) is 0 Å². The van der Waals surface area contributed by atoms with E-state index in [0.29, 0.717) is 0 Å². The van der Waals surface area contributed by atoms with Gasteiger partial charge in [-0.25, -0.2) is 9.97 Å². The number of benzene rings is 1. The van der Waals surface area contributed by atoms with Crippen LogP contribution < -0.4 is 4.90 Å². The molecule has 0 unspecified atom stereocenters. The third-order valence-corrected chi connectivity index (χ3v) is 4.08. The lowest BCUT2D eigenvalue weighted by molar-refractivity contribution is 0.806. The van der Waals surface area contributed by atoms with Crippen molar-refractivity contribution in [3.8, 4) is 0 Å². The van der Waals surface area contributed by atoms with Gasteiger partial charge in [-0.2, -0.15) is 0 Å². The summed E-state index contributed by atoms with van der Waals surface area (Å²) in [4.78, 5) is 11.3. The van der Waals surface area contributed by atoms with Gasteiger partial charge in [0, 0.05) is 29.7 Å². The number of rotatable bonds is 5. The van der Waals surface area contributed by atoms with Gasteiger partial charge in [0.15, 0.2) is 0 Å². The predicted molar refractivity (Wildman–Crippen MR) is 85.3 cm³/mol. The Balaban J connectivity index is 1.89. The molecule has 2 aromatic rings. The molecule has 0 atom stereocenters. The minimum atomic E-state index is 0.899. The number of aryl methyl sites for hydroxylation is 1. The smallest absolute Gasteiger partial charge is 0.135 e. The second-order valence-corrected chi connectivity index (χ2v) is 5.87. The van der Waals surface area contributed by atoms with Gasteiger partial charge in [0.2, 0.25) is 0 Å². The molecule has 0 saturated carbocycles. The Hall–Kier alpha value is -1.42. The summed E-state index contributed by atoms with van der Waals surface area (Å²) < 4.78 is 0. The van der Waals surface area contributed by atoms with Crippen LogP contribution >= 0.6 is 15.9 Å². The van der Waals surface area contributed by atoms with E-state index in [1.54, 1.807) is 6.33 Å². The molecule has 1 aromatic carbocycles. The molecule has 0 amide bonds. The van der Waals surface area contributed by atoms with Crippen LogP contribution in [0.4, 0.5) is 5.82 Å². The van der Waals surface area contributed by atoms with E-state index < -0.39 is 0 Å². The molecule has 0 bridgehead atoms. The van der Waals surface area contributed by atoms with E-state index in [9.17, 15) is 0 Å². The van der Waals surface area contributed by atoms with Gasteiger partial charge in [-0.15, -0.1) is 0 Å². The van der Waals surface area contributed by atoms with Crippen LogP contribution in [-0.4, -0.2) is 21.8 Å². The molecule has 0 fully saturated rings. The van der Waals surface area contributed by atoms with Crippen molar-refractivity contribution in [2.24, 2.45) is 0 Å². The van der Waals surface area contributed by atoms with Crippen LogP contribution in [0.1, 0.15) is 23.2 Å². The first kappa shape index (κ1) is 13.6. The third kappa shape index (κ3) is 2.85. The fourth-order valence-electron chi connectivity index (χ4n) is 2.78. The summed E-state index contributed by atoms with van der Waals surface area (Å²) in [5.74, 6) is 1.12. The van der Waals surface area contributed by atoms with Crippen molar-refractivity contribution in [1.82, 2.24) is 9.97 Å². The van der Waals surface area contributed by atoms with Gasteiger partial charge in [-0.05, 0) is 24.8 Å². The molecular weight excluding hydrogens is 314 g/mol. The van der Waals surface area contributed by atoms with Gasteiger partial charge >= 0.3 is 0 Å². The van der Waals surface area contributed by atoms with Gasteiger partial charge in [-0.3, -0.25) is 0 Å². The fourth-order valence-corrected chi connectivity index (χ4v) is 3.21. The molecule has 0 spiro atoms. The highest BCUT2D eigenvalue weighted by atomic mass is 79.9. The number of anilines is 1. The molecule has 4 heteroatoms. The SMILES string of the molecule is BrCCN(Cc1ccccc1)c1ncnc2c1CCC2. The Labute approximate surface area is 128 Å². The topological polar surface area (TPSA) is 29.0 Å². The Bertz CT molecular complexity index is 571. The van der Waals surface area contributed by atoms with Crippen molar-refractivity contribution in [3.05, 3.63) is 53.5 Å². The zero-order valence-electron chi connectivity index (χ0n) is 11.4. The first-order chi connectivity index (χ1) is 9.88. The molecule has 0 aliphatic heterocycles. The Morgan fingerprint density at radius 2 is 1.95 bits per heavy atom. The normalized spacial score (nSPS) is 13.2. The molecular formula is C16H18BrN3. The molecule has 1 aromatic heterocycles. The summed E-state index contributed by atoms with van der Waals surface area (Å²) in [5, 5.41) is 0.943. The second kappa shape index (κ2) is 6.35. The van der Waals surface area contributed by atoms with Crippen LogP contribution in [0.15, 0.2) is 36.7 Å². The minimum absolute atomic E-state index is 0.899. The highest BCUT2D eigenvalue weighted by molar-refractivity contribution is 9.09. The number of hydrogen-bond acceptors (Lipinski definition) is 3.